The van der Waals surface area contributed by atoms with Gasteiger partial charge in [-0.3, -0.25) is 14.9 Å². The van der Waals surface area contributed by atoms with Crippen LogP contribution in [0, 0.1) is 10.1 Å². The highest BCUT2D eigenvalue weighted by Gasteiger charge is 2.16. The molecule has 1 aromatic heterocycles. The Labute approximate surface area is 177 Å². The molecule has 9 nitrogen and oxygen atoms in total. The average Bonchev–Trinajstić information content (AvgIpc) is 3.21. The highest BCUT2D eigenvalue weighted by atomic mass is 32.2. The van der Waals surface area contributed by atoms with E-state index in [0.717, 1.165) is 30.4 Å². The number of amides is 1. The van der Waals surface area contributed by atoms with Crippen LogP contribution >= 0.6 is 11.8 Å². The third-order valence-corrected chi connectivity index (χ3v) is 4.98. The fourth-order valence-corrected chi connectivity index (χ4v) is 3.27. The lowest BCUT2D eigenvalue weighted by atomic mass is 10.1. The summed E-state index contributed by atoms with van der Waals surface area (Å²) in [5.41, 5.74) is 1.18. The summed E-state index contributed by atoms with van der Waals surface area (Å²) in [6, 6.07) is 13.8. The van der Waals surface area contributed by atoms with Gasteiger partial charge < -0.3 is 14.5 Å². The quantitative estimate of drug-likeness (QED) is 0.293. The van der Waals surface area contributed by atoms with Crippen molar-refractivity contribution in [2.24, 2.45) is 0 Å². The third kappa shape index (κ3) is 6.05. The predicted molar refractivity (Wildman–Crippen MR) is 112 cm³/mol. The van der Waals surface area contributed by atoms with Crippen molar-refractivity contribution in [2.75, 3.05) is 18.2 Å². The third-order valence-electron chi connectivity index (χ3n) is 4.17. The number of aryl methyl sites for hydroxylation is 2. The van der Waals surface area contributed by atoms with Gasteiger partial charge in [0.15, 0.2) is 0 Å². The first kappa shape index (κ1) is 21.3. The number of nitro groups is 1. The topological polar surface area (TPSA) is 120 Å². The number of nitrogens with zero attached hydrogens (tertiary/aromatic N) is 3. The monoisotopic (exact) mass is 428 g/mol. The van der Waals surface area contributed by atoms with Crippen molar-refractivity contribution >= 4 is 29.0 Å². The molecule has 1 heterocycles. The molecule has 0 aliphatic carbocycles. The molecule has 0 unspecified atom stereocenters. The van der Waals surface area contributed by atoms with Crippen LogP contribution in [0.3, 0.4) is 0 Å². The molecular formula is C20H20N4O5S. The number of hydrogen-bond acceptors (Lipinski definition) is 8. The van der Waals surface area contributed by atoms with Gasteiger partial charge in [-0.05, 0) is 36.6 Å². The van der Waals surface area contributed by atoms with Gasteiger partial charge in [0.25, 0.3) is 10.9 Å². The van der Waals surface area contributed by atoms with E-state index in [1.165, 1.54) is 23.8 Å². The summed E-state index contributed by atoms with van der Waals surface area (Å²) in [5, 5.41) is 21.7. The Bertz CT molecular complexity index is 1010. The van der Waals surface area contributed by atoms with E-state index in [1.807, 2.05) is 24.3 Å². The number of para-hydroxylation sites is 2. The zero-order valence-electron chi connectivity index (χ0n) is 16.2. The molecule has 0 saturated carbocycles. The Morgan fingerprint density at radius 2 is 1.93 bits per heavy atom. The standard InChI is InChI=1S/C20H20N4O5S/c1-28-15-11-9-14(10-12-15)5-4-8-19-22-23-20(29-19)30-13-18(25)21-16-6-2-3-7-17(16)24(26)27/h2-3,6-7,9-12H,4-5,8,13H2,1H3,(H,21,25). The first-order valence-corrected chi connectivity index (χ1v) is 10.1. The average molecular weight is 428 g/mol. The molecule has 1 N–H and O–H groups in total. The number of nitrogens with one attached hydrogen (secondary N) is 1. The summed E-state index contributed by atoms with van der Waals surface area (Å²) in [5.74, 6) is 0.932. The molecule has 0 aliphatic heterocycles. The van der Waals surface area contributed by atoms with E-state index < -0.39 is 10.8 Å². The maximum Gasteiger partial charge on any atom is 0.292 e. The Balaban J connectivity index is 1.44. The number of aromatic nitrogens is 2. The van der Waals surface area contributed by atoms with Crippen molar-refractivity contribution in [1.82, 2.24) is 10.2 Å². The van der Waals surface area contributed by atoms with Crippen molar-refractivity contribution < 1.29 is 18.9 Å². The number of methoxy groups -OCH3 is 1. The highest BCUT2D eigenvalue weighted by Crippen LogP contribution is 2.24. The van der Waals surface area contributed by atoms with Crippen LogP contribution < -0.4 is 10.1 Å². The number of nitro benzene ring substituents is 1. The molecule has 3 aromatic rings. The fraction of sp³-hybridized carbons (Fsp3) is 0.250. The van der Waals surface area contributed by atoms with Crippen molar-refractivity contribution in [2.45, 2.75) is 24.5 Å². The first-order chi connectivity index (χ1) is 14.5. The van der Waals surface area contributed by atoms with Crippen LogP contribution in [0.15, 0.2) is 58.2 Å². The zero-order valence-corrected chi connectivity index (χ0v) is 17.1. The van der Waals surface area contributed by atoms with Crippen LogP contribution in [0.5, 0.6) is 5.75 Å². The van der Waals surface area contributed by atoms with Crippen LogP contribution in [-0.2, 0) is 17.6 Å². The summed E-state index contributed by atoms with van der Waals surface area (Å²) in [6.07, 6.45) is 2.34. The van der Waals surface area contributed by atoms with E-state index in [9.17, 15) is 14.9 Å². The van der Waals surface area contributed by atoms with E-state index in [-0.39, 0.29) is 22.4 Å². The summed E-state index contributed by atoms with van der Waals surface area (Å²) >= 11 is 1.08. The van der Waals surface area contributed by atoms with E-state index in [2.05, 4.69) is 15.5 Å². The van der Waals surface area contributed by atoms with Crippen molar-refractivity contribution in [1.29, 1.82) is 0 Å². The molecule has 0 radical (unpaired) electrons. The van der Waals surface area contributed by atoms with Crippen LogP contribution in [0.1, 0.15) is 17.9 Å². The van der Waals surface area contributed by atoms with Gasteiger partial charge in [0.2, 0.25) is 11.8 Å². The van der Waals surface area contributed by atoms with Crippen LogP contribution in [-0.4, -0.2) is 33.9 Å². The number of rotatable bonds is 10. The summed E-state index contributed by atoms with van der Waals surface area (Å²) in [6.45, 7) is 0. The number of anilines is 1. The maximum absolute atomic E-state index is 12.1. The molecule has 30 heavy (non-hydrogen) atoms. The minimum absolute atomic E-state index is 0.000466. The van der Waals surface area contributed by atoms with Gasteiger partial charge in [-0.1, -0.05) is 36.0 Å². The fourth-order valence-electron chi connectivity index (χ4n) is 2.69. The number of benzene rings is 2. The SMILES string of the molecule is COc1ccc(CCCc2nnc(SCC(=O)Nc3ccccc3[N+](=O)[O-])o2)cc1. The van der Waals surface area contributed by atoms with Crippen LogP contribution in [0.25, 0.3) is 0 Å². The van der Waals surface area contributed by atoms with Gasteiger partial charge >= 0.3 is 0 Å². The molecule has 1 amide bonds. The molecule has 2 aromatic carbocycles. The predicted octanol–water partition coefficient (Wildman–Crippen LogP) is 3.89. The van der Waals surface area contributed by atoms with E-state index in [0.29, 0.717) is 12.3 Å². The van der Waals surface area contributed by atoms with Crippen LogP contribution in [0.2, 0.25) is 0 Å². The Hall–Kier alpha value is -3.40. The summed E-state index contributed by atoms with van der Waals surface area (Å²) < 4.78 is 10.7. The minimum atomic E-state index is -0.543. The Morgan fingerprint density at radius 3 is 2.67 bits per heavy atom. The normalized spacial score (nSPS) is 10.6. The van der Waals surface area contributed by atoms with Gasteiger partial charge in [-0.15, -0.1) is 10.2 Å². The second-order valence-electron chi connectivity index (χ2n) is 6.27. The number of ether oxygens (including phenoxy) is 1. The Morgan fingerprint density at radius 1 is 1.17 bits per heavy atom. The number of thioether (sulfide) groups is 1. The van der Waals surface area contributed by atoms with Gasteiger partial charge in [0.1, 0.15) is 11.4 Å². The van der Waals surface area contributed by atoms with Gasteiger partial charge in [-0.25, -0.2) is 0 Å². The van der Waals surface area contributed by atoms with Crippen LogP contribution in [0.4, 0.5) is 11.4 Å². The lowest BCUT2D eigenvalue weighted by molar-refractivity contribution is -0.383. The molecule has 0 fully saturated rings. The molecule has 10 heteroatoms. The highest BCUT2D eigenvalue weighted by molar-refractivity contribution is 7.99. The van der Waals surface area contributed by atoms with E-state index >= 15 is 0 Å². The first-order valence-electron chi connectivity index (χ1n) is 9.16. The second kappa shape index (κ2) is 10.4. The molecule has 3 rings (SSSR count). The zero-order chi connectivity index (χ0) is 21.3. The smallest absolute Gasteiger partial charge is 0.292 e. The number of carbonyl (C=O) groups excluding carboxylic acids is 1. The summed E-state index contributed by atoms with van der Waals surface area (Å²) in [4.78, 5) is 22.5. The summed E-state index contributed by atoms with van der Waals surface area (Å²) in [7, 11) is 1.63. The number of hydrogen-bond donors (Lipinski definition) is 1. The van der Waals surface area contributed by atoms with Crippen molar-refractivity contribution in [3.8, 4) is 5.75 Å². The van der Waals surface area contributed by atoms with Gasteiger partial charge in [-0.2, -0.15) is 0 Å². The van der Waals surface area contributed by atoms with E-state index in [1.54, 1.807) is 13.2 Å². The number of carbonyl (C=O) groups is 1. The Kier molecular flexibility index (Phi) is 7.39. The molecule has 156 valence electrons. The molecule has 0 bridgehead atoms. The maximum atomic E-state index is 12.1. The van der Waals surface area contributed by atoms with Gasteiger partial charge in [0.05, 0.1) is 17.8 Å². The second-order valence-corrected chi connectivity index (χ2v) is 7.20. The van der Waals surface area contributed by atoms with E-state index in [4.69, 9.17) is 9.15 Å². The molecule has 0 atom stereocenters. The molecule has 0 saturated heterocycles. The van der Waals surface area contributed by atoms with Crippen molar-refractivity contribution in [3.63, 3.8) is 0 Å². The lowest BCUT2D eigenvalue weighted by Crippen LogP contribution is -2.15. The molecular weight excluding hydrogens is 408 g/mol. The largest absolute Gasteiger partial charge is 0.497 e. The molecule has 0 spiro atoms. The molecule has 0 aliphatic rings. The minimum Gasteiger partial charge on any atom is -0.497 e. The van der Waals surface area contributed by atoms with Gasteiger partial charge in [0, 0.05) is 12.5 Å². The van der Waals surface area contributed by atoms with Crippen molar-refractivity contribution in [3.05, 3.63) is 70.1 Å². The lowest BCUT2D eigenvalue weighted by Gasteiger charge is -2.04.